The van der Waals surface area contributed by atoms with Crippen LogP contribution in [0, 0.1) is 5.92 Å². The first-order valence-corrected chi connectivity index (χ1v) is 7.11. The summed E-state index contributed by atoms with van der Waals surface area (Å²) < 4.78 is 0. The molecule has 0 aromatic heterocycles. The zero-order valence-electron chi connectivity index (χ0n) is 11.4. The molecule has 108 valence electrons. The van der Waals surface area contributed by atoms with Gasteiger partial charge in [0.2, 0.25) is 11.8 Å². The minimum atomic E-state index is -0.239. The van der Waals surface area contributed by atoms with Crippen LogP contribution in [0.2, 0.25) is 0 Å². The van der Waals surface area contributed by atoms with Gasteiger partial charge in [0.05, 0.1) is 6.54 Å². The highest BCUT2D eigenvalue weighted by atomic mass is 16.2. The number of rotatable bonds is 3. The van der Waals surface area contributed by atoms with Crippen LogP contribution < -0.4 is 11.5 Å². The molecule has 0 unspecified atom stereocenters. The predicted octanol–water partition coefficient (Wildman–Crippen LogP) is -0.867. The molecule has 19 heavy (non-hydrogen) atoms. The number of likely N-dealkylation sites (tertiary alicyclic amines) is 2. The van der Waals surface area contributed by atoms with Crippen LogP contribution in [0.15, 0.2) is 0 Å². The summed E-state index contributed by atoms with van der Waals surface area (Å²) >= 11 is 0. The SMILES string of the molecule is NC(=O)C1CCN(C(=O)CN2CCC(N)CC2)CC1. The van der Waals surface area contributed by atoms with E-state index in [4.69, 9.17) is 11.5 Å². The second-order valence-corrected chi connectivity index (χ2v) is 5.67. The number of primary amides is 1. The van der Waals surface area contributed by atoms with Gasteiger partial charge in [0, 0.05) is 38.1 Å². The first-order valence-electron chi connectivity index (χ1n) is 7.11. The molecule has 2 aliphatic rings. The van der Waals surface area contributed by atoms with Gasteiger partial charge in [-0.1, -0.05) is 0 Å². The summed E-state index contributed by atoms with van der Waals surface area (Å²) in [4.78, 5) is 27.3. The molecular formula is C13H24N4O2. The number of amides is 2. The molecule has 0 aliphatic carbocycles. The Morgan fingerprint density at radius 2 is 1.58 bits per heavy atom. The van der Waals surface area contributed by atoms with Gasteiger partial charge in [0.1, 0.15) is 0 Å². The topological polar surface area (TPSA) is 92.7 Å². The molecule has 2 heterocycles. The quantitative estimate of drug-likeness (QED) is 0.696. The number of carbonyl (C=O) groups excluding carboxylic acids is 2. The van der Waals surface area contributed by atoms with E-state index in [1.54, 1.807) is 0 Å². The molecule has 0 atom stereocenters. The Kier molecular flexibility index (Phi) is 4.76. The highest BCUT2D eigenvalue weighted by Gasteiger charge is 2.27. The highest BCUT2D eigenvalue weighted by Crippen LogP contribution is 2.17. The lowest BCUT2D eigenvalue weighted by Gasteiger charge is -2.34. The summed E-state index contributed by atoms with van der Waals surface area (Å²) in [5.41, 5.74) is 11.1. The lowest BCUT2D eigenvalue weighted by atomic mass is 9.96. The first-order chi connectivity index (χ1) is 9.06. The fourth-order valence-electron chi connectivity index (χ4n) is 2.82. The van der Waals surface area contributed by atoms with E-state index in [0.717, 1.165) is 25.9 Å². The van der Waals surface area contributed by atoms with Gasteiger partial charge in [-0.25, -0.2) is 0 Å². The van der Waals surface area contributed by atoms with Crippen LogP contribution in [0.4, 0.5) is 0 Å². The smallest absolute Gasteiger partial charge is 0.236 e. The maximum absolute atomic E-state index is 12.2. The molecule has 2 rings (SSSR count). The van der Waals surface area contributed by atoms with Gasteiger partial charge in [0.15, 0.2) is 0 Å². The summed E-state index contributed by atoms with van der Waals surface area (Å²) in [5, 5.41) is 0. The lowest BCUT2D eigenvalue weighted by Crippen LogP contribution is -2.48. The van der Waals surface area contributed by atoms with Gasteiger partial charge in [-0.15, -0.1) is 0 Å². The van der Waals surface area contributed by atoms with Crippen molar-refractivity contribution in [3.63, 3.8) is 0 Å². The van der Waals surface area contributed by atoms with Crippen LogP contribution in [0.1, 0.15) is 25.7 Å². The Bertz CT molecular complexity index is 332. The molecule has 2 amide bonds. The van der Waals surface area contributed by atoms with E-state index in [1.807, 2.05) is 4.90 Å². The standard InChI is InChI=1S/C13H24N4O2/c14-11-3-5-16(6-4-11)9-12(18)17-7-1-10(2-8-17)13(15)19/h10-11H,1-9,14H2,(H2,15,19). The molecule has 0 aromatic carbocycles. The summed E-state index contributed by atoms with van der Waals surface area (Å²) in [7, 11) is 0. The molecule has 2 saturated heterocycles. The molecule has 4 N–H and O–H groups in total. The second-order valence-electron chi connectivity index (χ2n) is 5.67. The van der Waals surface area contributed by atoms with Crippen LogP contribution in [-0.2, 0) is 9.59 Å². The number of piperidine rings is 2. The monoisotopic (exact) mass is 268 g/mol. The largest absolute Gasteiger partial charge is 0.369 e. The van der Waals surface area contributed by atoms with Gasteiger partial charge in [-0.3, -0.25) is 14.5 Å². The van der Waals surface area contributed by atoms with E-state index in [-0.39, 0.29) is 23.8 Å². The maximum Gasteiger partial charge on any atom is 0.236 e. The number of nitrogens with two attached hydrogens (primary N) is 2. The van der Waals surface area contributed by atoms with E-state index < -0.39 is 0 Å². The number of nitrogens with zero attached hydrogens (tertiary/aromatic N) is 2. The fraction of sp³-hybridized carbons (Fsp3) is 0.846. The molecule has 0 aromatic rings. The highest BCUT2D eigenvalue weighted by molar-refractivity contribution is 5.80. The summed E-state index contributed by atoms with van der Waals surface area (Å²) in [6, 6.07) is 0.290. The molecular weight excluding hydrogens is 244 g/mol. The summed E-state index contributed by atoms with van der Waals surface area (Å²) in [6.45, 7) is 3.60. The third-order valence-electron chi connectivity index (χ3n) is 4.24. The van der Waals surface area contributed by atoms with E-state index in [0.29, 0.717) is 32.5 Å². The van der Waals surface area contributed by atoms with Crippen molar-refractivity contribution in [2.24, 2.45) is 17.4 Å². The minimum absolute atomic E-state index is 0.0583. The second kappa shape index (κ2) is 6.34. The Balaban J connectivity index is 1.74. The van der Waals surface area contributed by atoms with Crippen molar-refractivity contribution in [3.05, 3.63) is 0 Å². The molecule has 0 saturated carbocycles. The van der Waals surface area contributed by atoms with Crippen molar-refractivity contribution in [1.82, 2.24) is 9.80 Å². The van der Waals surface area contributed by atoms with Crippen LogP contribution in [0.3, 0.4) is 0 Å². The average molecular weight is 268 g/mol. The molecule has 0 radical (unpaired) electrons. The van der Waals surface area contributed by atoms with Gasteiger partial charge in [-0.2, -0.15) is 0 Å². The Hall–Kier alpha value is -1.14. The molecule has 6 heteroatoms. The van der Waals surface area contributed by atoms with Crippen LogP contribution in [0.5, 0.6) is 0 Å². The van der Waals surface area contributed by atoms with Crippen molar-refractivity contribution in [2.75, 3.05) is 32.7 Å². The third-order valence-corrected chi connectivity index (χ3v) is 4.24. The Labute approximate surface area is 114 Å². The number of hydrogen-bond donors (Lipinski definition) is 2. The molecule has 0 spiro atoms. The molecule has 2 aliphatic heterocycles. The molecule has 0 bridgehead atoms. The van der Waals surface area contributed by atoms with Crippen LogP contribution in [-0.4, -0.2) is 60.4 Å². The lowest BCUT2D eigenvalue weighted by molar-refractivity contribution is -0.136. The van der Waals surface area contributed by atoms with E-state index in [9.17, 15) is 9.59 Å². The van der Waals surface area contributed by atoms with E-state index >= 15 is 0 Å². The first kappa shape index (κ1) is 14.3. The Morgan fingerprint density at radius 3 is 2.11 bits per heavy atom. The van der Waals surface area contributed by atoms with Crippen molar-refractivity contribution in [2.45, 2.75) is 31.7 Å². The van der Waals surface area contributed by atoms with Crippen LogP contribution >= 0.6 is 0 Å². The van der Waals surface area contributed by atoms with Crippen molar-refractivity contribution in [1.29, 1.82) is 0 Å². The normalized spacial score (nSPS) is 23.5. The van der Waals surface area contributed by atoms with Gasteiger partial charge in [-0.05, 0) is 25.7 Å². The van der Waals surface area contributed by atoms with E-state index in [1.165, 1.54) is 0 Å². The van der Waals surface area contributed by atoms with Crippen LogP contribution in [0.25, 0.3) is 0 Å². The van der Waals surface area contributed by atoms with Gasteiger partial charge < -0.3 is 16.4 Å². The van der Waals surface area contributed by atoms with Crippen molar-refractivity contribution < 1.29 is 9.59 Å². The van der Waals surface area contributed by atoms with Crippen molar-refractivity contribution >= 4 is 11.8 Å². The third kappa shape index (κ3) is 3.91. The zero-order chi connectivity index (χ0) is 13.8. The summed E-state index contributed by atoms with van der Waals surface area (Å²) in [6.07, 6.45) is 3.34. The molecule has 2 fully saturated rings. The average Bonchev–Trinajstić information content (AvgIpc) is 2.41. The number of carbonyl (C=O) groups is 2. The summed E-state index contributed by atoms with van der Waals surface area (Å²) in [5.74, 6) is -0.132. The maximum atomic E-state index is 12.2. The zero-order valence-corrected chi connectivity index (χ0v) is 11.4. The predicted molar refractivity (Wildman–Crippen MR) is 72.1 cm³/mol. The van der Waals surface area contributed by atoms with Gasteiger partial charge >= 0.3 is 0 Å². The van der Waals surface area contributed by atoms with Gasteiger partial charge in [0.25, 0.3) is 0 Å². The fourth-order valence-corrected chi connectivity index (χ4v) is 2.82. The Morgan fingerprint density at radius 1 is 1.00 bits per heavy atom. The van der Waals surface area contributed by atoms with E-state index in [2.05, 4.69) is 4.90 Å². The number of hydrogen-bond acceptors (Lipinski definition) is 4. The minimum Gasteiger partial charge on any atom is -0.369 e. The van der Waals surface area contributed by atoms with Crippen molar-refractivity contribution in [3.8, 4) is 0 Å². The molecule has 6 nitrogen and oxygen atoms in total.